The second-order valence-corrected chi connectivity index (χ2v) is 5.08. The molecule has 0 saturated carbocycles. The maximum atomic E-state index is 11.4. The van der Waals surface area contributed by atoms with Gasteiger partial charge in [-0.3, -0.25) is 9.69 Å². The van der Waals surface area contributed by atoms with E-state index in [1.807, 2.05) is 18.2 Å². The fourth-order valence-electron chi connectivity index (χ4n) is 2.53. The van der Waals surface area contributed by atoms with Crippen LogP contribution in [0.25, 0.3) is 0 Å². The number of nitrogens with one attached hydrogen (secondary N) is 1. The summed E-state index contributed by atoms with van der Waals surface area (Å²) < 4.78 is 4.75. The highest BCUT2D eigenvalue weighted by Crippen LogP contribution is 2.15. The fourth-order valence-corrected chi connectivity index (χ4v) is 2.53. The van der Waals surface area contributed by atoms with Crippen LogP contribution in [0.4, 0.5) is 0 Å². The smallest absolute Gasteiger partial charge is 0.309 e. The molecule has 1 heterocycles. The summed E-state index contributed by atoms with van der Waals surface area (Å²) in [4.78, 5) is 13.8. The third kappa shape index (κ3) is 3.78. The van der Waals surface area contributed by atoms with Crippen LogP contribution in [0.5, 0.6) is 0 Å². The number of rotatable bonds is 5. The largest absolute Gasteiger partial charge is 0.469 e. The van der Waals surface area contributed by atoms with E-state index in [4.69, 9.17) is 4.74 Å². The summed E-state index contributed by atoms with van der Waals surface area (Å²) in [6, 6.07) is 8.69. The van der Waals surface area contributed by atoms with Crippen LogP contribution in [-0.4, -0.2) is 44.2 Å². The third-order valence-electron chi connectivity index (χ3n) is 3.76. The van der Waals surface area contributed by atoms with Gasteiger partial charge in [-0.15, -0.1) is 0 Å². The molecular formula is C15H22N2O2. The first-order valence-corrected chi connectivity index (χ1v) is 6.75. The molecule has 0 bridgehead atoms. The molecule has 1 aliphatic heterocycles. The first-order chi connectivity index (χ1) is 9.20. The molecule has 1 fully saturated rings. The molecule has 0 amide bonds. The van der Waals surface area contributed by atoms with Crippen molar-refractivity contribution in [2.75, 3.05) is 27.2 Å². The molecule has 1 saturated heterocycles. The van der Waals surface area contributed by atoms with Gasteiger partial charge in [-0.25, -0.2) is 0 Å². The molecule has 19 heavy (non-hydrogen) atoms. The van der Waals surface area contributed by atoms with Crippen molar-refractivity contribution in [3.8, 4) is 0 Å². The van der Waals surface area contributed by atoms with Crippen molar-refractivity contribution in [2.24, 2.45) is 0 Å². The molecule has 0 spiro atoms. The Balaban J connectivity index is 2.04. The second-order valence-electron chi connectivity index (χ2n) is 5.08. The van der Waals surface area contributed by atoms with Gasteiger partial charge in [0.15, 0.2) is 0 Å². The van der Waals surface area contributed by atoms with Crippen molar-refractivity contribution < 1.29 is 9.53 Å². The number of benzene rings is 1. The Morgan fingerprint density at radius 3 is 2.79 bits per heavy atom. The lowest BCUT2D eigenvalue weighted by Gasteiger charge is -2.24. The molecule has 1 N–H and O–H groups in total. The fraction of sp³-hybridized carbons (Fsp3) is 0.533. The average molecular weight is 262 g/mol. The van der Waals surface area contributed by atoms with Gasteiger partial charge in [0.2, 0.25) is 0 Å². The van der Waals surface area contributed by atoms with E-state index < -0.39 is 0 Å². The van der Waals surface area contributed by atoms with Gasteiger partial charge in [0.05, 0.1) is 13.5 Å². The number of ether oxygens (including phenoxy) is 1. The Bertz CT molecular complexity index is 428. The summed E-state index contributed by atoms with van der Waals surface area (Å²) in [7, 11) is 3.58. The number of likely N-dealkylation sites (N-methyl/N-ethyl adjacent to an activating group) is 1. The van der Waals surface area contributed by atoms with E-state index in [1.54, 1.807) is 0 Å². The quantitative estimate of drug-likeness (QED) is 0.810. The van der Waals surface area contributed by atoms with E-state index >= 15 is 0 Å². The maximum Gasteiger partial charge on any atom is 0.309 e. The van der Waals surface area contributed by atoms with Crippen LogP contribution in [0.1, 0.15) is 17.5 Å². The molecule has 2 rings (SSSR count). The Labute approximate surface area is 114 Å². The van der Waals surface area contributed by atoms with Crippen molar-refractivity contribution in [1.82, 2.24) is 10.2 Å². The zero-order valence-electron chi connectivity index (χ0n) is 11.7. The molecule has 4 nitrogen and oxygen atoms in total. The van der Waals surface area contributed by atoms with Gasteiger partial charge >= 0.3 is 5.97 Å². The molecule has 1 unspecified atom stereocenters. The molecule has 1 aliphatic rings. The molecule has 0 aliphatic carbocycles. The monoisotopic (exact) mass is 262 g/mol. The average Bonchev–Trinajstić information content (AvgIpc) is 2.95. The number of carbonyl (C=O) groups is 1. The standard InChI is InChI=1S/C15H22N2O2/c1-17(14-7-8-16-10-14)11-13-6-4-3-5-12(13)9-15(18)19-2/h3-6,14,16H,7-11H2,1-2H3. The lowest BCUT2D eigenvalue weighted by atomic mass is 10.0. The van der Waals surface area contributed by atoms with Crippen LogP contribution < -0.4 is 5.32 Å². The summed E-state index contributed by atoms with van der Waals surface area (Å²) in [6.07, 6.45) is 1.54. The SMILES string of the molecule is COC(=O)Cc1ccccc1CN(C)C1CCNC1. The van der Waals surface area contributed by atoms with Crippen molar-refractivity contribution >= 4 is 5.97 Å². The van der Waals surface area contributed by atoms with Crippen LogP contribution in [0, 0.1) is 0 Å². The first kappa shape index (κ1) is 14.0. The highest BCUT2D eigenvalue weighted by atomic mass is 16.5. The minimum atomic E-state index is -0.183. The van der Waals surface area contributed by atoms with E-state index in [0.717, 1.165) is 25.2 Å². The Kier molecular flexibility index (Phi) is 4.93. The minimum Gasteiger partial charge on any atom is -0.469 e. The van der Waals surface area contributed by atoms with Gasteiger partial charge in [-0.2, -0.15) is 0 Å². The van der Waals surface area contributed by atoms with E-state index in [9.17, 15) is 4.79 Å². The summed E-state index contributed by atoms with van der Waals surface area (Å²) in [5, 5.41) is 3.38. The highest BCUT2D eigenvalue weighted by Gasteiger charge is 2.20. The summed E-state index contributed by atoms with van der Waals surface area (Å²) in [5.74, 6) is -0.183. The van der Waals surface area contributed by atoms with E-state index in [-0.39, 0.29) is 5.97 Å². The molecule has 4 heteroatoms. The zero-order chi connectivity index (χ0) is 13.7. The number of hydrogen-bond acceptors (Lipinski definition) is 4. The summed E-state index contributed by atoms with van der Waals surface area (Å²) in [6.45, 7) is 3.02. The normalized spacial score (nSPS) is 18.8. The molecule has 1 aromatic carbocycles. The Hall–Kier alpha value is -1.39. The molecule has 104 valence electrons. The number of esters is 1. The summed E-state index contributed by atoms with van der Waals surface area (Å²) >= 11 is 0. The molecule has 0 aromatic heterocycles. The van der Waals surface area contributed by atoms with Gasteiger partial charge in [-0.1, -0.05) is 24.3 Å². The third-order valence-corrected chi connectivity index (χ3v) is 3.76. The predicted molar refractivity (Wildman–Crippen MR) is 74.9 cm³/mol. The van der Waals surface area contributed by atoms with Crippen molar-refractivity contribution in [3.05, 3.63) is 35.4 Å². The Morgan fingerprint density at radius 1 is 1.42 bits per heavy atom. The zero-order valence-corrected chi connectivity index (χ0v) is 11.7. The van der Waals surface area contributed by atoms with Gasteiger partial charge in [0.25, 0.3) is 0 Å². The topological polar surface area (TPSA) is 41.6 Å². The first-order valence-electron chi connectivity index (χ1n) is 6.75. The maximum absolute atomic E-state index is 11.4. The van der Waals surface area contributed by atoms with Crippen LogP contribution in [0.3, 0.4) is 0 Å². The molecule has 1 atom stereocenters. The van der Waals surface area contributed by atoms with Crippen LogP contribution in [-0.2, 0) is 22.5 Å². The van der Waals surface area contributed by atoms with Gasteiger partial charge in [0, 0.05) is 19.1 Å². The molecular weight excluding hydrogens is 240 g/mol. The van der Waals surface area contributed by atoms with Gasteiger partial charge in [0.1, 0.15) is 0 Å². The van der Waals surface area contributed by atoms with Crippen LogP contribution in [0.2, 0.25) is 0 Å². The molecule has 1 aromatic rings. The highest BCUT2D eigenvalue weighted by molar-refractivity contribution is 5.72. The van der Waals surface area contributed by atoms with E-state index in [1.165, 1.54) is 19.1 Å². The Morgan fingerprint density at radius 2 is 2.16 bits per heavy atom. The van der Waals surface area contributed by atoms with Crippen molar-refractivity contribution in [3.63, 3.8) is 0 Å². The number of methoxy groups -OCH3 is 1. The van der Waals surface area contributed by atoms with Crippen molar-refractivity contribution in [2.45, 2.75) is 25.4 Å². The second kappa shape index (κ2) is 6.68. The van der Waals surface area contributed by atoms with E-state index in [0.29, 0.717) is 12.5 Å². The van der Waals surface area contributed by atoms with Gasteiger partial charge < -0.3 is 10.1 Å². The van der Waals surface area contributed by atoms with Crippen molar-refractivity contribution in [1.29, 1.82) is 0 Å². The number of hydrogen-bond donors (Lipinski definition) is 1. The van der Waals surface area contributed by atoms with Crippen LogP contribution >= 0.6 is 0 Å². The predicted octanol–water partition coefficient (Wildman–Crippen LogP) is 1.20. The summed E-state index contributed by atoms with van der Waals surface area (Å²) in [5.41, 5.74) is 2.27. The van der Waals surface area contributed by atoms with Gasteiger partial charge in [-0.05, 0) is 31.1 Å². The molecule has 0 radical (unpaired) electrons. The number of carbonyl (C=O) groups excluding carboxylic acids is 1. The lowest BCUT2D eigenvalue weighted by molar-refractivity contribution is -0.139. The van der Waals surface area contributed by atoms with E-state index in [2.05, 4.69) is 23.3 Å². The lowest BCUT2D eigenvalue weighted by Crippen LogP contribution is -2.33. The number of nitrogens with zero attached hydrogens (tertiary/aromatic N) is 1. The minimum absolute atomic E-state index is 0.183. The van der Waals surface area contributed by atoms with Crippen LogP contribution in [0.15, 0.2) is 24.3 Å².